The van der Waals surface area contributed by atoms with Gasteiger partial charge < -0.3 is 4.74 Å². The third-order valence-corrected chi connectivity index (χ3v) is 3.06. The third-order valence-electron chi connectivity index (χ3n) is 2.28. The van der Waals surface area contributed by atoms with Crippen molar-refractivity contribution in [2.45, 2.75) is 24.5 Å². The number of ether oxygens (including phenoxy) is 1. The Hall–Kier alpha value is -0.920. The molecule has 86 valence electrons. The van der Waals surface area contributed by atoms with Crippen LogP contribution in [0.5, 0.6) is 0 Å². The number of aromatic nitrogens is 2. The minimum atomic E-state index is -3.76. The zero-order valence-electron chi connectivity index (χ0n) is 9.18. The van der Waals surface area contributed by atoms with E-state index in [1.54, 1.807) is 14.2 Å². The maximum atomic E-state index is 11.1. The number of rotatable bonds is 3. The molecular weight excluding hydrogens is 218 g/mol. The maximum absolute atomic E-state index is 11.1. The molecule has 0 fully saturated rings. The van der Waals surface area contributed by atoms with Gasteiger partial charge in [0.1, 0.15) is 5.60 Å². The van der Waals surface area contributed by atoms with Crippen molar-refractivity contribution in [2.75, 3.05) is 7.11 Å². The van der Waals surface area contributed by atoms with E-state index < -0.39 is 15.6 Å². The Morgan fingerprint density at radius 2 is 2.07 bits per heavy atom. The van der Waals surface area contributed by atoms with Gasteiger partial charge in [0.05, 0.1) is 5.69 Å². The Morgan fingerprint density at radius 1 is 1.53 bits per heavy atom. The molecule has 0 bridgehead atoms. The molecule has 7 heteroatoms. The van der Waals surface area contributed by atoms with Crippen LogP contribution in [0.3, 0.4) is 0 Å². The lowest BCUT2D eigenvalue weighted by atomic mass is 10.1. The fourth-order valence-corrected chi connectivity index (χ4v) is 1.76. The van der Waals surface area contributed by atoms with Crippen molar-refractivity contribution in [1.29, 1.82) is 0 Å². The first-order chi connectivity index (χ1) is 6.68. The topological polar surface area (TPSA) is 87.2 Å². The highest BCUT2D eigenvalue weighted by molar-refractivity contribution is 7.89. The monoisotopic (exact) mass is 233 g/mol. The van der Waals surface area contributed by atoms with Gasteiger partial charge in [0.2, 0.25) is 0 Å². The van der Waals surface area contributed by atoms with Gasteiger partial charge in [-0.2, -0.15) is 5.10 Å². The number of methoxy groups -OCH3 is 1. The second-order valence-corrected chi connectivity index (χ2v) is 5.26. The first-order valence-electron chi connectivity index (χ1n) is 4.31. The van der Waals surface area contributed by atoms with Crippen LogP contribution < -0.4 is 5.14 Å². The Balaban J connectivity index is 3.31. The van der Waals surface area contributed by atoms with Crippen molar-refractivity contribution in [1.82, 2.24) is 9.78 Å². The summed E-state index contributed by atoms with van der Waals surface area (Å²) in [7, 11) is -0.572. The molecular formula is C8H15N3O3S. The number of hydrogen-bond acceptors (Lipinski definition) is 4. The Bertz CT molecular complexity index is 461. The van der Waals surface area contributed by atoms with Crippen molar-refractivity contribution >= 4 is 10.0 Å². The quantitative estimate of drug-likeness (QED) is 0.792. The lowest BCUT2D eigenvalue weighted by Gasteiger charge is -2.22. The molecule has 0 aromatic carbocycles. The molecule has 0 amide bonds. The minimum absolute atomic E-state index is 0.148. The summed E-state index contributed by atoms with van der Waals surface area (Å²) in [6.07, 6.45) is 0. The van der Waals surface area contributed by atoms with Crippen LogP contribution in [-0.4, -0.2) is 25.3 Å². The van der Waals surface area contributed by atoms with Crippen LogP contribution in [-0.2, 0) is 27.4 Å². The number of hydrogen-bond donors (Lipinski definition) is 1. The van der Waals surface area contributed by atoms with Gasteiger partial charge in [0, 0.05) is 20.2 Å². The first-order valence-corrected chi connectivity index (χ1v) is 5.85. The number of sulfonamides is 1. The summed E-state index contributed by atoms with van der Waals surface area (Å²) in [5.74, 6) is 0. The molecule has 1 aromatic heterocycles. The maximum Gasteiger partial charge on any atom is 0.257 e. The molecule has 1 aromatic rings. The molecule has 0 unspecified atom stereocenters. The second-order valence-electron chi connectivity index (χ2n) is 3.75. The van der Waals surface area contributed by atoms with E-state index in [0.29, 0.717) is 5.69 Å². The SMILES string of the molecule is COC(C)(C)c1cc(S(N)(=O)=O)nn1C. The Labute approximate surface area is 89.1 Å². The summed E-state index contributed by atoms with van der Waals surface area (Å²) in [4.78, 5) is 0. The van der Waals surface area contributed by atoms with E-state index in [0.717, 1.165) is 0 Å². The first kappa shape index (κ1) is 12.2. The molecule has 1 heterocycles. The van der Waals surface area contributed by atoms with Gasteiger partial charge in [0.25, 0.3) is 10.0 Å². The van der Waals surface area contributed by atoms with Gasteiger partial charge in [-0.05, 0) is 13.8 Å². The molecule has 15 heavy (non-hydrogen) atoms. The van der Waals surface area contributed by atoms with Crippen LogP contribution in [0.25, 0.3) is 0 Å². The highest BCUT2D eigenvalue weighted by Crippen LogP contribution is 2.24. The third kappa shape index (κ3) is 2.36. The fourth-order valence-electron chi connectivity index (χ4n) is 1.25. The number of nitrogens with two attached hydrogens (primary N) is 1. The zero-order chi connectivity index (χ0) is 11.9. The van der Waals surface area contributed by atoms with Crippen molar-refractivity contribution in [3.05, 3.63) is 11.8 Å². The Kier molecular flexibility index (Phi) is 2.90. The molecule has 0 saturated heterocycles. The number of primary sulfonamides is 1. The molecule has 2 N–H and O–H groups in total. The van der Waals surface area contributed by atoms with Crippen LogP contribution >= 0.6 is 0 Å². The normalized spacial score (nSPS) is 13.1. The van der Waals surface area contributed by atoms with Gasteiger partial charge in [-0.3, -0.25) is 4.68 Å². The summed E-state index contributed by atoms with van der Waals surface area (Å²) in [6.45, 7) is 3.63. The van der Waals surface area contributed by atoms with Gasteiger partial charge in [0.15, 0.2) is 5.03 Å². The van der Waals surface area contributed by atoms with Gasteiger partial charge in [-0.1, -0.05) is 0 Å². The van der Waals surface area contributed by atoms with E-state index in [9.17, 15) is 8.42 Å². The summed E-state index contributed by atoms with van der Waals surface area (Å²) in [5, 5.41) is 8.65. The van der Waals surface area contributed by atoms with Gasteiger partial charge in [-0.25, -0.2) is 13.6 Å². The van der Waals surface area contributed by atoms with E-state index >= 15 is 0 Å². The number of nitrogens with zero attached hydrogens (tertiary/aromatic N) is 2. The van der Waals surface area contributed by atoms with E-state index in [2.05, 4.69) is 5.10 Å². The van der Waals surface area contributed by atoms with Gasteiger partial charge in [-0.15, -0.1) is 0 Å². The Morgan fingerprint density at radius 3 is 2.40 bits per heavy atom. The summed E-state index contributed by atoms with van der Waals surface area (Å²) in [5.41, 5.74) is 0.0408. The van der Waals surface area contributed by atoms with Crippen LogP contribution in [0.1, 0.15) is 19.5 Å². The number of aryl methyl sites for hydroxylation is 1. The molecule has 0 spiro atoms. The van der Waals surface area contributed by atoms with Crippen LogP contribution in [0.15, 0.2) is 11.1 Å². The van der Waals surface area contributed by atoms with Crippen LogP contribution in [0.2, 0.25) is 0 Å². The molecule has 0 aliphatic heterocycles. The average molecular weight is 233 g/mol. The van der Waals surface area contributed by atoms with Crippen molar-refractivity contribution in [3.8, 4) is 0 Å². The molecule has 0 saturated carbocycles. The molecule has 0 radical (unpaired) electrons. The highest BCUT2D eigenvalue weighted by Gasteiger charge is 2.26. The van der Waals surface area contributed by atoms with E-state index in [4.69, 9.17) is 9.88 Å². The average Bonchev–Trinajstić information content (AvgIpc) is 2.47. The zero-order valence-corrected chi connectivity index (χ0v) is 10.00. The predicted molar refractivity (Wildman–Crippen MR) is 54.6 cm³/mol. The molecule has 0 atom stereocenters. The van der Waals surface area contributed by atoms with Crippen molar-refractivity contribution in [3.63, 3.8) is 0 Å². The minimum Gasteiger partial charge on any atom is -0.373 e. The lowest BCUT2D eigenvalue weighted by Crippen LogP contribution is -2.22. The standard InChI is InChI=1S/C8H15N3O3S/c1-8(2,14-4)6-5-7(10-11(6)3)15(9,12)13/h5H,1-4H3,(H2,9,12,13). The summed E-state index contributed by atoms with van der Waals surface area (Å²) >= 11 is 0. The molecule has 1 rings (SSSR count). The summed E-state index contributed by atoms with van der Waals surface area (Å²) in [6, 6.07) is 1.42. The van der Waals surface area contributed by atoms with E-state index in [1.807, 2.05) is 13.8 Å². The van der Waals surface area contributed by atoms with Gasteiger partial charge >= 0.3 is 0 Å². The van der Waals surface area contributed by atoms with Crippen molar-refractivity contribution < 1.29 is 13.2 Å². The smallest absolute Gasteiger partial charge is 0.257 e. The van der Waals surface area contributed by atoms with E-state index in [1.165, 1.54) is 10.7 Å². The summed E-state index contributed by atoms with van der Waals surface area (Å²) < 4.78 is 28.8. The highest BCUT2D eigenvalue weighted by atomic mass is 32.2. The fraction of sp³-hybridized carbons (Fsp3) is 0.625. The van der Waals surface area contributed by atoms with Crippen molar-refractivity contribution in [2.24, 2.45) is 12.2 Å². The van der Waals surface area contributed by atoms with E-state index in [-0.39, 0.29) is 5.03 Å². The molecule has 6 nitrogen and oxygen atoms in total. The second kappa shape index (κ2) is 3.58. The predicted octanol–water partition coefficient (Wildman–Crippen LogP) is -0.0510. The largest absolute Gasteiger partial charge is 0.373 e. The van der Waals surface area contributed by atoms with Crippen LogP contribution in [0.4, 0.5) is 0 Å². The van der Waals surface area contributed by atoms with Crippen LogP contribution in [0, 0.1) is 0 Å². The molecule has 0 aliphatic rings. The lowest BCUT2D eigenvalue weighted by molar-refractivity contribution is 0.0123. The molecule has 0 aliphatic carbocycles.